The van der Waals surface area contributed by atoms with Crippen molar-refractivity contribution in [2.45, 2.75) is 37.3 Å². The van der Waals surface area contributed by atoms with E-state index in [4.69, 9.17) is 0 Å². The summed E-state index contributed by atoms with van der Waals surface area (Å²) in [4.78, 5) is 24.3. The smallest absolute Gasteiger partial charge is 0.304 e. The third-order valence-corrected chi connectivity index (χ3v) is 6.73. The van der Waals surface area contributed by atoms with Gasteiger partial charge < -0.3 is 10.1 Å². The fraction of sp³-hybridized carbons (Fsp3) is 0.273. The molecule has 3 aromatic rings. The molecular formula is C22H20F3N5O4S. The second-order valence-corrected chi connectivity index (χ2v) is 9.69. The number of halogens is 3. The van der Waals surface area contributed by atoms with Gasteiger partial charge in [0.2, 0.25) is 21.9 Å². The van der Waals surface area contributed by atoms with Crippen molar-refractivity contribution < 1.29 is 31.1 Å². The Kier molecular flexibility index (Phi) is 7.15. The molecule has 4 rings (SSSR count). The molecule has 9 nitrogen and oxygen atoms in total. The normalized spacial score (nSPS) is 14.4. The molecule has 2 N–H and O–H groups in total. The van der Waals surface area contributed by atoms with E-state index in [-0.39, 0.29) is 24.0 Å². The number of amides is 1. The van der Waals surface area contributed by atoms with Crippen molar-refractivity contribution >= 4 is 27.6 Å². The molecule has 1 aliphatic rings. The van der Waals surface area contributed by atoms with Gasteiger partial charge in [0.15, 0.2) is 0 Å². The molecular weight excluding hydrogens is 487 g/mol. The lowest BCUT2D eigenvalue weighted by molar-refractivity contribution is -0.115. The Bertz CT molecular complexity index is 1300. The van der Waals surface area contributed by atoms with Gasteiger partial charge in [-0.25, -0.2) is 27.2 Å². The number of aromatic nitrogens is 3. The zero-order chi connectivity index (χ0) is 25.0. The number of pyridine rings is 1. The summed E-state index contributed by atoms with van der Waals surface area (Å²) in [6.45, 7) is 0. The minimum absolute atomic E-state index is 0.0843. The van der Waals surface area contributed by atoms with Crippen LogP contribution in [0.5, 0.6) is 5.75 Å². The molecule has 1 atom stereocenters. The van der Waals surface area contributed by atoms with Crippen molar-refractivity contribution in [3.05, 3.63) is 60.7 Å². The van der Waals surface area contributed by atoms with E-state index in [1.807, 2.05) is 0 Å². The molecule has 2 aromatic heterocycles. The zero-order valence-corrected chi connectivity index (χ0v) is 18.9. The monoisotopic (exact) mass is 507 g/mol. The summed E-state index contributed by atoms with van der Waals surface area (Å²) in [6, 6.07) is 9.44. The Morgan fingerprint density at radius 3 is 2.51 bits per heavy atom. The summed E-state index contributed by atoms with van der Waals surface area (Å²) in [6.07, 6.45) is -0.987. The number of sulfonamides is 1. The highest BCUT2D eigenvalue weighted by atomic mass is 32.2. The van der Waals surface area contributed by atoms with Crippen LogP contribution in [0.4, 0.5) is 24.8 Å². The molecule has 184 valence electrons. The minimum Gasteiger partial charge on any atom is -0.453 e. The van der Waals surface area contributed by atoms with Gasteiger partial charge >= 0.3 is 6.43 Å². The fourth-order valence-electron chi connectivity index (χ4n) is 3.07. The summed E-state index contributed by atoms with van der Waals surface area (Å²) in [5.74, 6) is -0.610. The first-order valence-electron chi connectivity index (χ1n) is 10.5. The maximum Gasteiger partial charge on any atom is 0.304 e. The lowest BCUT2D eigenvalue weighted by Crippen LogP contribution is -2.20. The Morgan fingerprint density at radius 1 is 1.09 bits per heavy atom. The van der Waals surface area contributed by atoms with E-state index in [0.29, 0.717) is 35.3 Å². The Balaban J connectivity index is 1.36. The molecule has 1 amide bonds. The van der Waals surface area contributed by atoms with Crippen molar-refractivity contribution in [2.24, 2.45) is 0 Å². The standard InChI is InChI=1S/C22H20F3N5O4S/c23-20(24)21(25)34-17-9-14(11-26-12-17)13-1-3-15(4-2-13)28-19(31)10-16-7-8-27-22(29-16)30-35(32,33)18-5-6-18/h1-4,7-9,11-12,18,20-21H,5-6,10H2,(H,28,31)(H,27,29,30). The van der Waals surface area contributed by atoms with Gasteiger partial charge in [-0.1, -0.05) is 12.1 Å². The molecule has 0 aliphatic heterocycles. The second kappa shape index (κ2) is 10.3. The average molecular weight is 507 g/mol. The van der Waals surface area contributed by atoms with E-state index in [1.165, 1.54) is 24.5 Å². The average Bonchev–Trinajstić information content (AvgIpc) is 3.66. The molecule has 1 aliphatic carbocycles. The second-order valence-electron chi connectivity index (χ2n) is 7.73. The van der Waals surface area contributed by atoms with Crippen LogP contribution in [0.3, 0.4) is 0 Å². The Hall–Kier alpha value is -3.74. The summed E-state index contributed by atoms with van der Waals surface area (Å²) < 4.78 is 68.8. The number of carbonyl (C=O) groups is 1. The van der Waals surface area contributed by atoms with Crippen molar-refractivity contribution in [1.82, 2.24) is 15.0 Å². The highest BCUT2D eigenvalue weighted by molar-refractivity contribution is 7.93. The molecule has 1 fully saturated rings. The van der Waals surface area contributed by atoms with Crippen LogP contribution < -0.4 is 14.8 Å². The third-order valence-electron chi connectivity index (χ3n) is 4.91. The van der Waals surface area contributed by atoms with E-state index in [9.17, 15) is 26.4 Å². The number of rotatable bonds is 10. The molecule has 1 unspecified atom stereocenters. The van der Waals surface area contributed by atoms with Gasteiger partial charge in [-0.15, -0.1) is 0 Å². The SMILES string of the molecule is O=C(Cc1ccnc(NS(=O)(=O)C2CC2)n1)Nc1ccc(-c2cncc(OC(F)C(F)F)c2)cc1. The molecule has 1 saturated carbocycles. The minimum atomic E-state index is -3.51. The van der Waals surface area contributed by atoms with Gasteiger partial charge in [0, 0.05) is 23.6 Å². The van der Waals surface area contributed by atoms with Crippen molar-refractivity contribution in [3.63, 3.8) is 0 Å². The first kappa shape index (κ1) is 24.4. The quantitative estimate of drug-likeness (QED) is 0.430. The Morgan fingerprint density at radius 2 is 1.83 bits per heavy atom. The molecule has 0 saturated heterocycles. The lowest BCUT2D eigenvalue weighted by atomic mass is 10.1. The van der Waals surface area contributed by atoms with Crippen LogP contribution in [0.1, 0.15) is 18.5 Å². The summed E-state index contributed by atoms with van der Waals surface area (Å²) in [5, 5.41) is 2.28. The van der Waals surface area contributed by atoms with Crippen LogP contribution in [0.15, 0.2) is 55.0 Å². The maximum absolute atomic E-state index is 13.1. The van der Waals surface area contributed by atoms with E-state index >= 15 is 0 Å². The number of benzene rings is 1. The molecule has 0 bridgehead atoms. The van der Waals surface area contributed by atoms with Gasteiger partial charge in [-0.3, -0.25) is 14.5 Å². The third kappa shape index (κ3) is 6.66. The largest absolute Gasteiger partial charge is 0.453 e. The van der Waals surface area contributed by atoms with E-state index < -0.39 is 28.1 Å². The highest BCUT2D eigenvalue weighted by Crippen LogP contribution is 2.29. The lowest BCUT2D eigenvalue weighted by Gasteiger charge is -2.11. The van der Waals surface area contributed by atoms with Crippen molar-refractivity contribution in [3.8, 4) is 16.9 Å². The number of ether oxygens (including phenoxy) is 1. The van der Waals surface area contributed by atoms with Crippen molar-refractivity contribution in [1.29, 1.82) is 0 Å². The van der Waals surface area contributed by atoms with E-state index in [2.05, 4.69) is 29.7 Å². The number of alkyl halides is 3. The van der Waals surface area contributed by atoms with Crippen LogP contribution in [0.25, 0.3) is 11.1 Å². The van der Waals surface area contributed by atoms with Gasteiger partial charge in [-0.2, -0.15) is 4.39 Å². The van der Waals surface area contributed by atoms with Gasteiger partial charge in [-0.05, 0) is 42.7 Å². The maximum atomic E-state index is 13.1. The van der Waals surface area contributed by atoms with Crippen molar-refractivity contribution in [2.75, 3.05) is 10.0 Å². The molecule has 1 aromatic carbocycles. The number of hydrogen-bond acceptors (Lipinski definition) is 7. The molecule has 0 spiro atoms. The number of nitrogens with zero attached hydrogens (tertiary/aromatic N) is 3. The van der Waals surface area contributed by atoms with Crippen LogP contribution in [0, 0.1) is 0 Å². The van der Waals surface area contributed by atoms with Gasteiger partial charge in [0.1, 0.15) is 5.75 Å². The van der Waals surface area contributed by atoms with Gasteiger partial charge in [0.05, 0.1) is 23.6 Å². The summed E-state index contributed by atoms with van der Waals surface area (Å²) >= 11 is 0. The Labute approximate surface area is 198 Å². The summed E-state index contributed by atoms with van der Waals surface area (Å²) in [5.41, 5.74) is 1.95. The van der Waals surface area contributed by atoms with Crippen LogP contribution in [0.2, 0.25) is 0 Å². The van der Waals surface area contributed by atoms with Gasteiger partial charge in [0.25, 0.3) is 6.36 Å². The van der Waals surface area contributed by atoms with E-state index in [1.54, 1.807) is 24.3 Å². The number of nitrogens with one attached hydrogen (secondary N) is 2. The van der Waals surface area contributed by atoms with E-state index in [0.717, 1.165) is 6.20 Å². The number of carbonyl (C=O) groups excluding carboxylic acids is 1. The topological polar surface area (TPSA) is 123 Å². The highest BCUT2D eigenvalue weighted by Gasteiger charge is 2.36. The first-order chi connectivity index (χ1) is 16.7. The predicted octanol–water partition coefficient (Wildman–Crippen LogP) is 3.56. The molecule has 0 radical (unpaired) electrons. The summed E-state index contributed by atoms with van der Waals surface area (Å²) in [7, 11) is -3.51. The van der Waals surface area contributed by atoms with Crippen LogP contribution >= 0.6 is 0 Å². The first-order valence-corrected chi connectivity index (χ1v) is 12.0. The zero-order valence-electron chi connectivity index (χ0n) is 18.1. The predicted molar refractivity (Wildman–Crippen MR) is 121 cm³/mol. The fourth-order valence-corrected chi connectivity index (χ4v) is 4.35. The molecule has 2 heterocycles. The van der Waals surface area contributed by atoms with Crippen LogP contribution in [-0.4, -0.2) is 47.3 Å². The van der Waals surface area contributed by atoms with Crippen LogP contribution in [-0.2, 0) is 21.2 Å². The molecule has 13 heteroatoms. The number of hydrogen-bond donors (Lipinski definition) is 2. The molecule has 35 heavy (non-hydrogen) atoms. The number of anilines is 2.